The van der Waals surface area contributed by atoms with Gasteiger partial charge in [0.15, 0.2) is 5.79 Å². The molecule has 1 atom stereocenters. The molecule has 1 saturated heterocycles. The number of esters is 2. The topological polar surface area (TPSA) is 71.1 Å². The lowest BCUT2D eigenvalue weighted by atomic mass is 10.4. The van der Waals surface area contributed by atoms with Gasteiger partial charge in [0.25, 0.3) is 0 Å². The van der Waals surface area contributed by atoms with Crippen molar-refractivity contribution in [2.24, 2.45) is 0 Å². The average molecular weight is 244 g/mol. The minimum absolute atomic E-state index is 0.0910. The maximum atomic E-state index is 11.2. The molecular weight excluding hydrogens is 228 g/mol. The van der Waals surface area contributed by atoms with Gasteiger partial charge in [-0.1, -0.05) is 0 Å². The van der Waals surface area contributed by atoms with Gasteiger partial charge in [-0.25, -0.2) is 9.59 Å². The zero-order valence-corrected chi connectivity index (χ0v) is 10.1. The van der Waals surface area contributed by atoms with Crippen LogP contribution in [-0.2, 0) is 28.5 Å². The lowest BCUT2D eigenvalue weighted by Gasteiger charge is -2.16. The van der Waals surface area contributed by atoms with E-state index in [1.165, 1.54) is 7.11 Å². The van der Waals surface area contributed by atoms with Crippen molar-refractivity contribution in [1.29, 1.82) is 0 Å². The molecule has 0 aromatic rings. The summed E-state index contributed by atoms with van der Waals surface area (Å²) >= 11 is 0. The fourth-order valence-electron chi connectivity index (χ4n) is 1.27. The zero-order valence-electron chi connectivity index (χ0n) is 10.1. The number of ether oxygens (including phenoxy) is 4. The number of carbonyl (C=O) groups excluding carboxylic acids is 2. The van der Waals surface area contributed by atoms with Gasteiger partial charge in [0.2, 0.25) is 0 Å². The fourth-order valence-corrected chi connectivity index (χ4v) is 1.27. The van der Waals surface area contributed by atoms with Gasteiger partial charge in [0.1, 0.15) is 12.7 Å². The Morgan fingerprint density at radius 3 is 2.53 bits per heavy atom. The molecule has 6 nitrogen and oxygen atoms in total. The monoisotopic (exact) mass is 244 g/mol. The van der Waals surface area contributed by atoms with Gasteiger partial charge in [-0.05, 0) is 13.8 Å². The van der Waals surface area contributed by atoms with Crippen LogP contribution < -0.4 is 0 Å². The molecule has 1 fully saturated rings. The molecule has 0 spiro atoms. The van der Waals surface area contributed by atoms with E-state index in [-0.39, 0.29) is 12.7 Å². The van der Waals surface area contributed by atoms with Gasteiger partial charge in [-0.2, -0.15) is 0 Å². The van der Waals surface area contributed by atoms with Crippen molar-refractivity contribution in [2.45, 2.75) is 25.7 Å². The Morgan fingerprint density at radius 1 is 1.35 bits per heavy atom. The van der Waals surface area contributed by atoms with Crippen molar-refractivity contribution in [2.75, 3.05) is 20.3 Å². The van der Waals surface area contributed by atoms with E-state index in [0.29, 0.717) is 6.61 Å². The second-order valence-electron chi connectivity index (χ2n) is 3.94. The maximum Gasteiger partial charge on any atom is 0.331 e. The largest absolute Gasteiger partial charge is 0.466 e. The predicted molar refractivity (Wildman–Crippen MR) is 57.0 cm³/mol. The Bertz CT molecular complexity index is 320. The molecule has 0 saturated carbocycles. The van der Waals surface area contributed by atoms with Crippen LogP contribution in [0.3, 0.4) is 0 Å². The third-order valence-corrected chi connectivity index (χ3v) is 2.04. The van der Waals surface area contributed by atoms with Crippen molar-refractivity contribution in [3.05, 3.63) is 12.2 Å². The molecular formula is C11H16O6. The normalized spacial score (nSPS) is 22.6. The van der Waals surface area contributed by atoms with Crippen LogP contribution in [-0.4, -0.2) is 44.2 Å². The molecule has 1 aliphatic heterocycles. The van der Waals surface area contributed by atoms with E-state index in [4.69, 9.17) is 14.2 Å². The van der Waals surface area contributed by atoms with Crippen molar-refractivity contribution in [1.82, 2.24) is 0 Å². The molecule has 1 rings (SSSR count). The van der Waals surface area contributed by atoms with Gasteiger partial charge in [0, 0.05) is 12.2 Å². The first kappa shape index (κ1) is 13.7. The molecule has 0 unspecified atom stereocenters. The summed E-state index contributed by atoms with van der Waals surface area (Å²) in [5, 5.41) is 0. The van der Waals surface area contributed by atoms with Crippen LogP contribution in [0.4, 0.5) is 0 Å². The van der Waals surface area contributed by atoms with Crippen molar-refractivity contribution < 1.29 is 28.5 Å². The molecule has 1 aliphatic rings. The van der Waals surface area contributed by atoms with Gasteiger partial charge >= 0.3 is 11.9 Å². The Kier molecular flexibility index (Phi) is 4.65. The molecule has 0 bridgehead atoms. The first-order valence-corrected chi connectivity index (χ1v) is 5.17. The van der Waals surface area contributed by atoms with Crippen LogP contribution in [0.1, 0.15) is 13.8 Å². The Morgan fingerprint density at radius 2 is 2.00 bits per heavy atom. The standard InChI is InChI=1S/C11H16O6/c1-11(2)16-7-8(17-11)6-15-10(13)5-4-9(12)14-3/h4-5,8H,6-7H2,1-3H3/b5-4+/t8-/m0/s1. The van der Waals surface area contributed by atoms with E-state index < -0.39 is 17.7 Å². The third-order valence-electron chi connectivity index (χ3n) is 2.04. The first-order valence-electron chi connectivity index (χ1n) is 5.17. The summed E-state index contributed by atoms with van der Waals surface area (Å²) in [5.74, 6) is -1.87. The molecule has 96 valence electrons. The molecule has 17 heavy (non-hydrogen) atoms. The van der Waals surface area contributed by atoms with E-state index in [0.717, 1.165) is 12.2 Å². The molecule has 0 amide bonds. The van der Waals surface area contributed by atoms with Gasteiger partial charge in [0.05, 0.1) is 13.7 Å². The lowest BCUT2D eigenvalue weighted by molar-refractivity contribution is -0.155. The van der Waals surface area contributed by atoms with Crippen LogP contribution in [0.15, 0.2) is 12.2 Å². The third kappa shape index (κ3) is 4.97. The molecule has 0 aromatic heterocycles. The summed E-state index contributed by atoms with van der Waals surface area (Å²) in [7, 11) is 1.23. The highest BCUT2D eigenvalue weighted by molar-refractivity contribution is 5.91. The summed E-state index contributed by atoms with van der Waals surface area (Å²) in [6.07, 6.45) is 1.73. The maximum absolute atomic E-state index is 11.2. The van der Waals surface area contributed by atoms with Crippen molar-refractivity contribution in [3.63, 3.8) is 0 Å². The summed E-state index contributed by atoms with van der Waals surface area (Å²) in [4.78, 5) is 21.9. The lowest BCUT2D eigenvalue weighted by Crippen LogP contribution is -2.24. The highest BCUT2D eigenvalue weighted by Crippen LogP contribution is 2.22. The second kappa shape index (κ2) is 5.79. The average Bonchev–Trinajstić information content (AvgIpc) is 2.63. The van der Waals surface area contributed by atoms with Crippen LogP contribution in [0.5, 0.6) is 0 Å². The second-order valence-corrected chi connectivity index (χ2v) is 3.94. The van der Waals surface area contributed by atoms with Gasteiger partial charge < -0.3 is 18.9 Å². The van der Waals surface area contributed by atoms with E-state index in [9.17, 15) is 9.59 Å². The Hall–Kier alpha value is -1.40. The number of hydrogen-bond acceptors (Lipinski definition) is 6. The minimum Gasteiger partial charge on any atom is -0.466 e. The first-order chi connectivity index (χ1) is 7.93. The Balaban J connectivity index is 2.25. The molecule has 6 heteroatoms. The summed E-state index contributed by atoms with van der Waals surface area (Å²) < 4.78 is 19.9. The fraction of sp³-hybridized carbons (Fsp3) is 0.636. The smallest absolute Gasteiger partial charge is 0.331 e. The number of hydrogen-bond donors (Lipinski definition) is 0. The quantitative estimate of drug-likeness (QED) is 0.527. The summed E-state index contributed by atoms with van der Waals surface area (Å²) in [6, 6.07) is 0. The molecule has 0 radical (unpaired) electrons. The SMILES string of the molecule is COC(=O)/C=C/C(=O)OC[C@H]1COC(C)(C)O1. The highest BCUT2D eigenvalue weighted by Gasteiger charge is 2.33. The minimum atomic E-state index is -0.640. The molecule has 0 aliphatic carbocycles. The van der Waals surface area contributed by atoms with Crippen LogP contribution in [0.2, 0.25) is 0 Å². The van der Waals surface area contributed by atoms with Crippen LogP contribution >= 0.6 is 0 Å². The van der Waals surface area contributed by atoms with E-state index in [1.54, 1.807) is 13.8 Å². The van der Waals surface area contributed by atoms with Gasteiger partial charge in [-0.15, -0.1) is 0 Å². The number of methoxy groups -OCH3 is 1. The molecule has 0 aromatic carbocycles. The highest BCUT2D eigenvalue weighted by atomic mass is 16.7. The van der Waals surface area contributed by atoms with Crippen molar-refractivity contribution in [3.8, 4) is 0 Å². The van der Waals surface area contributed by atoms with Crippen molar-refractivity contribution >= 4 is 11.9 Å². The summed E-state index contributed by atoms with van der Waals surface area (Å²) in [6.45, 7) is 4.03. The Labute approximate surface area is 99.5 Å². The molecule has 0 N–H and O–H groups in total. The van der Waals surface area contributed by atoms with E-state index in [1.807, 2.05) is 0 Å². The van der Waals surface area contributed by atoms with Crippen LogP contribution in [0, 0.1) is 0 Å². The molecule has 1 heterocycles. The number of rotatable bonds is 4. The van der Waals surface area contributed by atoms with Gasteiger partial charge in [-0.3, -0.25) is 0 Å². The number of carbonyl (C=O) groups is 2. The summed E-state index contributed by atoms with van der Waals surface area (Å²) in [5.41, 5.74) is 0. The predicted octanol–water partition coefficient (Wildman–Crippen LogP) is 0.410. The van der Waals surface area contributed by atoms with E-state index in [2.05, 4.69) is 4.74 Å². The van der Waals surface area contributed by atoms with E-state index >= 15 is 0 Å². The zero-order chi connectivity index (χ0) is 12.9. The van der Waals surface area contributed by atoms with Crippen LogP contribution in [0.25, 0.3) is 0 Å².